The molecule has 0 saturated heterocycles. The van der Waals surface area contributed by atoms with Crippen LogP contribution in [0, 0.1) is 6.92 Å². The summed E-state index contributed by atoms with van der Waals surface area (Å²) < 4.78 is 22.6. The van der Waals surface area contributed by atoms with E-state index in [1.165, 1.54) is 12.3 Å². The van der Waals surface area contributed by atoms with E-state index in [9.17, 15) is 13.5 Å². The van der Waals surface area contributed by atoms with Crippen LogP contribution < -0.4 is 5.32 Å². The van der Waals surface area contributed by atoms with Crippen LogP contribution in [0.4, 0.5) is 5.69 Å². The van der Waals surface area contributed by atoms with E-state index in [2.05, 4.69) is 10.3 Å². The van der Waals surface area contributed by atoms with Crippen molar-refractivity contribution in [2.45, 2.75) is 18.5 Å². The molecule has 0 radical (unpaired) electrons. The molecule has 6 heteroatoms. The van der Waals surface area contributed by atoms with Gasteiger partial charge in [0.05, 0.1) is 11.9 Å². The Hall–Kier alpha value is -2.08. The van der Waals surface area contributed by atoms with Crippen molar-refractivity contribution in [3.05, 3.63) is 47.7 Å². The molecule has 0 aliphatic heterocycles. The van der Waals surface area contributed by atoms with Crippen LogP contribution in [0.25, 0.3) is 0 Å². The summed E-state index contributed by atoms with van der Waals surface area (Å²) in [4.78, 5) is 3.89. The Morgan fingerprint density at radius 2 is 2.00 bits per heavy atom. The summed E-state index contributed by atoms with van der Waals surface area (Å²) >= 11 is 0. The highest BCUT2D eigenvalue weighted by Gasteiger charge is 2.08. The largest absolute Gasteiger partial charge is 0.508 e. The van der Waals surface area contributed by atoms with E-state index < -0.39 is 9.84 Å². The lowest BCUT2D eigenvalue weighted by Crippen LogP contribution is -2.03. The van der Waals surface area contributed by atoms with E-state index in [0.717, 1.165) is 17.4 Å². The molecule has 0 unspecified atom stereocenters. The van der Waals surface area contributed by atoms with Gasteiger partial charge in [-0.05, 0) is 25.1 Å². The summed E-state index contributed by atoms with van der Waals surface area (Å²) in [5, 5.41) is 12.9. The number of rotatable bonds is 4. The van der Waals surface area contributed by atoms with Gasteiger partial charge in [-0.1, -0.05) is 17.7 Å². The Balaban J connectivity index is 2.10. The predicted molar refractivity (Wildman–Crippen MR) is 77.5 cm³/mol. The number of hydrogen-bond donors (Lipinski definition) is 2. The van der Waals surface area contributed by atoms with E-state index in [0.29, 0.717) is 12.2 Å². The third-order valence-corrected chi connectivity index (χ3v) is 3.84. The molecule has 5 nitrogen and oxygen atoms in total. The summed E-state index contributed by atoms with van der Waals surface area (Å²) in [7, 11) is -3.28. The first-order valence-electron chi connectivity index (χ1n) is 6.05. The standard InChI is InChI=1S/C14H16N2O3S/c1-10-3-5-13(17)11(7-10)8-15-12-4-6-14(16-9-12)20(2,18)19/h3-7,9,15,17H,8H2,1-2H3. The van der Waals surface area contributed by atoms with Crippen molar-refractivity contribution in [1.82, 2.24) is 4.98 Å². The lowest BCUT2D eigenvalue weighted by atomic mass is 10.1. The van der Waals surface area contributed by atoms with Crippen LogP contribution in [-0.4, -0.2) is 24.8 Å². The van der Waals surface area contributed by atoms with Crippen LogP contribution in [0.1, 0.15) is 11.1 Å². The molecule has 0 fully saturated rings. The van der Waals surface area contributed by atoms with Crippen LogP contribution >= 0.6 is 0 Å². The van der Waals surface area contributed by atoms with Gasteiger partial charge in [0.2, 0.25) is 0 Å². The topological polar surface area (TPSA) is 79.3 Å². The lowest BCUT2D eigenvalue weighted by Gasteiger charge is -2.09. The molecule has 0 saturated carbocycles. The Kier molecular flexibility index (Phi) is 3.94. The monoisotopic (exact) mass is 292 g/mol. The summed E-state index contributed by atoms with van der Waals surface area (Å²) in [5.74, 6) is 0.226. The normalized spacial score (nSPS) is 11.3. The number of pyridine rings is 1. The second kappa shape index (κ2) is 5.50. The minimum Gasteiger partial charge on any atom is -0.508 e. The molecule has 2 aromatic rings. The third kappa shape index (κ3) is 3.48. The van der Waals surface area contributed by atoms with Crippen LogP contribution in [0.3, 0.4) is 0 Å². The second-order valence-corrected chi connectivity index (χ2v) is 6.61. The molecule has 1 aromatic heterocycles. The number of aromatic nitrogens is 1. The molecular formula is C14H16N2O3S. The van der Waals surface area contributed by atoms with Crippen LogP contribution in [-0.2, 0) is 16.4 Å². The molecule has 1 aromatic carbocycles. The van der Waals surface area contributed by atoms with Gasteiger partial charge < -0.3 is 10.4 Å². The highest BCUT2D eigenvalue weighted by atomic mass is 32.2. The molecule has 0 aliphatic carbocycles. The molecule has 0 aliphatic rings. The summed E-state index contributed by atoms with van der Waals surface area (Å²) in [5.41, 5.74) is 2.53. The average molecular weight is 292 g/mol. The fourth-order valence-electron chi connectivity index (χ4n) is 1.76. The van der Waals surface area contributed by atoms with Crippen molar-refractivity contribution in [3.8, 4) is 5.75 Å². The van der Waals surface area contributed by atoms with Gasteiger partial charge in [-0.15, -0.1) is 0 Å². The Bertz CT molecular complexity index is 710. The highest BCUT2D eigenvalue weighted by molar-refractivity contribution is 7.90. The van der Waals surface area contributed by atoms with Crippen molar-refractivity contribution in [1.29, 1.82) is 0 Å². The molecule has 0 spiro atoms. The maximum Gasteiger partial charge on any atom is 0.192 e. The SMILES string of the molecule is Cc1ccc(O)c(CNc2ccc(S(C)(=O)=O)nc2)c1. The number of aromatic hydroxyl groups is 1. The number of anilines is 1. The maximum atomic E-state index is 11.3. The van der Waals surface area contributed by atoms with Gasteiger partial charge in [0.25, 0.3) is 0 Å². The molecule has 2 rings (SSSR count). The van der Waals surface area contributed by atoms with E-state index >= 15 is 0 Å². The van der Waals surface area contributed by atoms with E-state index in [1.807, 2.05) is 19.1 Å². The van der Waals surface area contributed by atoms with Crippen LogP contribution in [0.5, 0.6) is 5.75 Å². The van der Waals surface area contributed by atoms with Crippen molar-refractivity contribution >= 4 is 15.5 Å². The number of phenolic OH excluding ortho intramolecular Hbond substituents is 1. The first-order valence-corrected chi connectivity index (χ1v) is 7.94. The van der Waals surface area contributed by atoms with Crippen molar-refractivity contribution in [3.63, 3.8) is 0 Å². The van der Waals surface area contributed by atoms with Gasteiger partial charge in [0, 0.05) is 18.4 Å². The van der Waals surface area contributed by atoms with Gasteiger partial charge in [-0.3, -0.25) is 0 Å². The first-order chi connectivity index (χ1) is 9.36. The Morgan fingerprint density at radius 1 is 1.25 bits per heavy atom. The zero-order valence-corrected chi connectivity index (χ0v) is 12.1. The molecule has 106 valence electrons. The Labute approximate surface area is 118 Å². The lowest BCUT2D eigenvalue weighted by molar-refractivity contribution is 0.469. The van der Waals surface area contributed by atoms with Gasteiger partial charge in [0.15, 0.2) is 14.9 Å². The Morgan fingerprint density at radius 3 is 2.60 bits per heavy atom. The van der Waals surface area contributed by atoms with Crippen molar-refractivity contribution < 1.29 is 13.5 Å². The molecule has 1 heterocycles. The summed E-state index contributed by atoms with van der Waals surface area (Å²) in [6.45, 7) is 2.39. The zero-order chi connectivity index (χ0) is 14.8. The molecule has 0 atom stereocenters. The average Bonchev–Trinajstić information content (AvgIpc) is 2.39. The third-order valence-electron chi connectivity index (χ3n) is 2.83. The van der Waals surface area contributed by atoms with Gasteiger partial charge in [-0.2, -0.15) is 0 Å². The van der Waals surface area contributed by atoms with E-state index in [-0.39, 0.29) is 10.8 Å². The van der Waals surface area contributed by atoms with Gasteiger partial charge in [0.1, 0.15) is 5.75 Å². The number of hydrogen-bond acceptors (Lipinski definition) is 5. The zero-order valence-electron chi connectivity index (χ0n) is 11.3. The minimum absolute atomic E-state index is 0.0430. The predicted octanol–water partition coefficient (Wildman–Crippen LogP) is 2.11. The molecule has 2 N–H and O–H groups in total. The number of benzene rings is 1. The van der Waals surface area contributed by atoms with Crippen molar-refractivity contribution in [2.24, 2.45) is 0 Å². The second-order valence-electron chi connectivity index (χ2n) is 4.64. The summed E-state index contributed by atoms with van der Waals surface area (Å²) in [6, 6.07) is 8.48. The minimum atomic E-state index is -3.28. The maximum absolute atomic E-state index is 11.3. The first kappa shape index (κ1) is 14.3. The van der Waals surface area contributed by atoms with E-state index in [4.69, 9.17) is 0 Å². The summed E-state index contributed by atoms with van der Waals surface area (Å²) in [6.07, 6.45) is 2.58. The number of nitrogens with one attached hydrogen (secondary N) is 1. The van der Waals surface area contributed by atoms with E-state index in [1.54, 1.807) is 12.1 Å². The smallest absolute Gasteiger partial charge is 0.192 e. The number of aryl methyl sites for hydroxylation is 1. The van der Waals surface area contributed by atoms with Crippen LogP contribution in [0.15, 0.2) is 41.6 Å². The fraction of sp³-hybridized carbons (Fsp3) is 0.214. The number of sulfone groups is 1. The molecule has 20 heavy (non-hydrogen) atoms. The molecule has 0 amide bonds. The quantitative estimate of drug-likeness (QED) is 0.902. The van der Waals surface area contributed by atoms with Crippen molar-refractivity contribution in [2.75, 3.05) is 11.6 Å². The van der Waals surface area contributed by atoms with Crippen LogP contribution in [0.2, 0.25) is 0 Å². The van der Waals surface area contributed by atoms with Gasteiger partial charge in [-0.25, -0.2) is 13.4 Å². The van der Waals surface area contributed by atoms with Gasteiger partial charge >= 0.3 is 0 Å². The number of phenols is 1. The number of nitrogens with zero attached hydrogens (tertiary/aromatic N) is 1. The molecular weight excluding hydrogens is 276 g/mol. The highest BCUT2D eigenvalue weighted by Crippen LogP contribution is 2.19. The molecule has 0 bridgehead atoms. The fourth-order valence-corrected chi connectivity index (χ4v) is 2.32.